The molecule has 0 saturated carbocycles. The Morgan fingerprint density at radius 2 is 0.842 bits per heavy atom. The molecule has 0 aliphatic rings. The first-order valence-corrected chi connectivity index (χ1v) is 21.9. The van der Waals surface area contributed by atoms with Crippen LogP contribution >= 0.6 is 0 Å². The van der Waals surface area contributed by atoms with E-state index in [9.17, 15) is 0 Å². The van der Waals surface area contributed by atoms with Crippen LogP contribution in [0.2, 0.25) is 0 Å². The van der Waals surface area contributed by atoms with E-state index in [0.29, 0.717) is 0 Å². The first kappa shape index (κ1) is 33.0. The Morgan fingerprint density at radius 1 is 0.333 bits per heavy atom. The van der Waals surface area contributed by atoms with Gasteiger partial charge in [0, 0.05) is 0 Å². The Morgan fingerprint density at radius 3 is 1.47 bits per heavy atom. The van der Waals surface area contributed by atoms with Gasteiger partial charge in [0.1, 0.15) is 0 Å². The molecule has 0 spiro atoms. The summed E-state index contributed by atoms with van der Waals surface area (Å²) < 4.78 is 4.73. The van der Waals surface area contributed by atoms with Crippen LogP contribution in [-0.4, -0.2) is 27.2 Å². The maximum Gasteiger partial charge on any atom is -0.0528 e. The molecule has 0 atom stereocenters. The predicted molar refractivity (Wildman–Crippen MR) is 241 cm³/mol. The molecule has 0 N–H and O–H groups in total. The third-order valence-corrected chi connectivity index (χ3v) is 17.2. The molecule has 7 aromatic carbocycles. The van der Waals surface area contributed by atoms with Crippen LogP contribution in [0.25, 0.3) is 66.5 Å². The van der Waals surface area contributed by atoms with E-state index in [1.807, 2.05) is 6.07 Å². The minimum atomic E-state index is -3.33. The summed E-state index contributed by atoms with van der Waals surface area (Å²) in [5.41, 5.74) is 6.52. The third kappa shape index (κ3) is 5.13. The third-order valence-electron chi connectivity index (χ3n) is 11.8. The maximum atomic E-state index is 5.83. The molecule has 0 unspecified atom stereocenters. The van der Waals surface area contributed by atoms with Gasteiger partial charge < -0.3 is 0 Å². The SMILES string of the molecule is c1ccc(-c2cccc(-n3c4ccccc4c4c3ccc3c5ccccc5n(-c5cccc([SiH-](c6ccccc6)(c6ccccc6)c6ccccc6)n5)c34)n2)cc1. The molecule has 11 aromatic rings. The monoisotopic (exact) mass is 745 g/mol. The van der Waals surface area contributed by atoms with Crippen molar-refractivity contribution in [2.24, 2.45) is 0 Å². The zero-order valence-electron chi connectivity index (χ0n) is 31.2. The number of nitrogens with zero attached hydrogens (tertiary/aromatic N) is 4. The zero-order chi connectivity index (χ0) is 37.8. The summed E-state index contributed by atoms with van der Waals surface area (Å²) in [6.45, 7) is 0. The molecular formula is C52H37N4Si-. The molecule has 0 aliphatic carbocycles. The molecular weight excluding hydrogens is 709 g/mol. The minimum Gasteiger partial charge on any atom is -0.0616 e. The van der Waals surface area contributed by atoms with Crippen molar-refractivity contribution < 1.29 is 0 Å². The summed E-state index contributed by atoms with van der Waals surface area (Å²) in [4.78, 5) is 11.1. The van der Waals surface area contributed by atoms with Crippen molar-refractivity contribution >= 4 is 72.6 Å². The molecule has 5 heteroatoms. The quantitative estimate of drug-likeness (QED) is 0.120. The van der Waals surface area contributed by atoms with Crippen LogP contribution in [0.15, 0.2) is 218 Å². The summed E-state index contributed by atoms with van der Waals surface area (Å²) in [7, 11) is -3.33. The van der Waals surface area contributed by atoms with Crippen molar-refractivity contribution in [1.82, 2.24) is 19.1 Å². The average Bonchev–Trinajstić information content (AvgIpc) is 3.81. The zero-order valence-corrected chi connectivity index (χ0v) is 32.3. The van der Waals surface area contributed by atoms with Crippen LogP contribution in [0.5, 0.6) is 0 Å². The molecule has 0 fully saturated rings. The second-order valence-corrected chi connectivity index (χ2v) is 19.2. The van der Waals surface area contributed by atoms with Gasteiger partial charge in [-0.05, 0) is 0 Å². The first-order valence-electron chi connectivity index (χ1n) is 19.6. The van der Waals surface area contributed by atoms with Gasteiger partial charge in [-0.25, -0.2) is 0 Å². The van der Waals surface area contributed by atoms with Crippen LogP contribution in [-0.2, 0) is 0 Å². The Bertz CT molecular complexity index is 3130. The molecule has 4 nitrogen and oxygen atoms in total. The Kier molecular flexibility index (Phi) is 7.79. The van der Waals surface area contributed by atoms with Gasteiger partial charge in [-0.2, -0.15) is 0 Å². The molecule has 11 rings (SSSR count). The van der Waals surface area contributed by atoms with Crippen LogP contribution in [0.4, 0.5) is 0 Å². The standard InChI is InChI=1S/C52H37N4Si/c1-5-19-37(20-6-1)44-29-17-32-48(53-44)55-46-31-16-14-28-43(46)51-47(55)36-35-42-41-27-13-15-30-45(41)56(52(42)51)49-33-18-34-50(54-49)57(38-21-7-2-8-22-38,39-23-9-3-10-24-39)40-25-11-4-12-26-40/h1-36,57H/q-1. The van der Waals surface area contributed by atoms with Crippen molar-refractivity contribution in [3.63, 3.8) is 0 Å². The topological polar surface area (TPSA) is 35.6 Å². The largest absolute Gasteiger partial charge is 0.0616 e. The summed E-state index contributed by atoms with van der Waals surface area (Å²) in [5, 5.41) is 9.83. The van der Waals surface area contributed by atoms with Gasteiger partial charge in [-0.15, -0.1) is 0 Å². The Balaban J connectivity index is 1.23. The second kappa shape index (κ2) is 13.4. The van der Waals surface area contributed by atoms with Gasteiger partial charge in [0.15, 0.2) is 0 Å². The normalized spacial score (nSPS) is 12.1. The number of aromatic nitrogens is 4. The summed E-state index contributed by atoms with van der Waals surface area (Å²) in [6.07, 6.45) is 0. The van der Waals surface area contributed by atoms with Crippen molar-refractivity contribution in [1.29, 1.82) is 0 Å². The van der Waals surface area contributed by atoms with E-state index in [4.69, 9.17) is 9.97 Å². The van der Waals surface area contributed by atoms with Gasteiger partial charge in [0.2, 0.25) is 0 Å². The van der Waals surface area contributed by atoms with Crippen molar-refractivity contribution in [3.05, 3.63) is 218 Å². The van der Waals surface area contributed by atoms with E-state index in [1.54, 1.807) is 0 Å². The van der Waals surface area contributed by atoms with Gasteiger partial charge in [-0.3, -0.25) is 0 Å². The fraction of sp³-hybridized carbons (Fsp3) is 0. The molecule has 0 amide bonds. The molecule has 270 valence electrons. The molecule has 4 heterocycles. The fourth-order valence-electron chi connectivity index (χ4n) is 9.43. The van der Waals surface area contributed by atoms with Crippen molar-refractivity contribution in [3.8, 4) is 22.9 Å². The molecule has 57 heavy (non-hydrogen) atoms. The second-order valence-electron chi connectivity index (χ2n) is 14.8. The van der Waals surface area contributed by atoms with Gasteiger partial charge in [-0.1, -0.05) is 30.3 Å². The predicted octanol–water partition coefficient (Wildman–Crippen LogP) is 9.45. The number of para-hydroxylation sites is 2. The van der Waals surface area contributed by atoms with E-state index in [2.05, 4.69) is 221 Å². The fourth-order valence-corrected chi connectivity index (χ4v) is 14.7. The number of fused-ring (bicyclic) bond motifs is 7. The van der Waals surface area contributed by atoms with E-state index in [0.717, 1.165) is 50.3 Å². The summed E-state index contributed by atoms with van der Waals surface area (Å²) in [6, 6.07) is 78.6. The van der Waals surface area contributed by atoms with E-state index in [-0.39, 0.29) is 0 Å². The molecule has 0 radical (unpaired) electrons. The van der Waals surface area contributed by atoms with Gasteiger partial charge in [0.05, 0.1) is 0 Å². The van der Waals surface area contributed by atoms with Gasteiger partial charge >= 0.3 is 303 Å². The van der Waals surface area contributed by atoms with Crippen molar-refractivity contribution in [2.45, 2.75) is 0 Å². The molecule has 0 saturated heterocycles. The number of hydrogen-bond donors (Lipinski definition) is 0. The number of pyridine rings is 2. The van der Waals surface area contributed by atoms with E-state index >= 15 is 0 Å². The molecule has 0 bridgehead atoms. The van der Waals surface area contributed by atoms with Crippen LogP contribution in [0.3, 0.4) is 0 Å². The minimum absolute atomic E-state index is 0.884. The van der Waals surface area contributed by atoms with Crippen LogP contribution in [0, 0.1) is 0 Å². The Labute approximate surface area is 331 Å². The van der Waals surface area contributed by atoms with Crippen LogP contribution < -0.4 is 20.9 Å². The number of hydrogen-bond acceptors (Lipinski definition) is 2. The number of rotatable bonds is 7. The summed E-state index contributed by atoms with van der Waals surface area (Å²) >= 11 is 0. The maximum absolute atomic E-state index is 5.83. The van der Waals surface area contributed by atoms with Crippen LogP contribution in [0.1, 0.15) is 0 Å². The molecule has 0 aliphatic heterocycles. The van der Waals surface area contributed by atoms with E-state index < -0.39 is 8.07 Å². The summed E-state index contributed by atoms with van der Waals surface area (Å²) in [5.74, 6) is 1.79. The van der Waals surface area contributed by atoms with E-state index in [1.165, 1.54) is 37.1 Å². The van der Waals surface area contributed by atoms with Crippen molar-refractivity contribution in [2.75, 3.05) is 0 Å². The number of benzene rings is 7. The Hall–Kier alpha value is -7.34. The smallest absolute Gasteiger partial charge is 0.0528 e. The first-order chi connectivity index (χ1) is 28.3. The molecule has 4 aromatic heterocycles. The van der Waals surface area contributed by atoms with Gasteiger partial charge in [0.25, 0.3) is 0 Å². The average molecular weight is 746 g/mol.